The van der Waals surface area contributed by atoms with Gasteiger partial charge in [0.15, 0.2) is 0 Å². The van der Waals surface area contributed by atoms with Crippen LogP contribution in [0.2, 0.25) is 0 Å². The number of ether oxygens (including phenoxy) is 2. The summed E-state index contributed by atoms with van der Waals surface area (Å²) in [6.45, 7) is 1.88. The van der Waals surface area contributed by atoms with Crippen molar-refractivity contribution in [1.82, 2.24) is 15.3 Å². The molecule has 0 fully saturated rings. The van der Waals surface area contributed by atoms with Crippen LogP contribution in [0, 0.1) is 0 Å². The molecule has 0 bridgehead atoms. The van der Waals surface area contributed by atoms with Crippen LogP contribution in [-0.2, 0) is 4.79 Å². The summed E-state index contributed by atoms with van der Waals surface area (Å²) in [6, 6.07) is 15.1. The van der Waals surface area contributed by atoms with Crippen molar-refractivity contribution in [2.75, 3.05) is 31.4 Å². The number of fused-ring (bicyclic) bond motifs is 1. The van der Waals surface area contributed by atoms with Crippen LogP contribution < -0.4 is 25.0 Å². The van der Waals surface area contributed by atoms with E-state index in [4.69, 9.17) is 9.47 Å². The number of carbonyl (C=O) groups excluding carboxylic acids is 1. The molecule has 1 aliphatic rings. The van der Waals surface area contributed by atoms with Gasteiger partial charge in [0.2, 0.25) is 17.7 Å². The maximum Gasteiger partial charge on any atom is 0.231 e. The number of likely N-dealkylation sites (N-methyl/N-ethyl adjacent to an activating group) is 1. The predicted molar refractivity (Wildman–Crippen MR) is 119 cm³/mol. The molecule has 0 spiro atoms. The van der Waals surface area contributed by atoms with Crippen molar-refractivity contribution < 1.29 is 14.3 Å². The monoisotopic (exact) mass is 419 g/mol. The van der Waals surface area contributed by atoms with Crippen LogP contribution in [0.5, 0.6) is 17.4 Å². The fourth-order valence-electron chi connectivity index (χ4n) is 3.54. The lowest BCUT2D eigenvalue weighted by Gasteiger charge is -2.14. The van der Waals surface area contributed by atoms with Crippen molar-refractivity contribution in [3.8, 4) is 17.4 Å². The molecule has 1 aliphatic heterocycles. The Morgan fingerprint density at radius 2 is 2.00 bits per heavy atom. The minimum atomic E-state index is -0.332. The largest absolute Gasteiger partial charge is 0.489 e. The summed E-state index contributed by atoms with van der Waals surface area (Å²) in [5.41, 5.74) is 2.80. The van der Waals surface area contributed by atoms with Crippen LogP contribution in [0.25, 0.3) is 0 Å². The van der Waals surface area contributed by atoms with Crippen molar-refractivity contribution in [3.05, 3.63) is 60.3 Å². The Morgan fingerprint density at radius 1 is 1.16 bits per heavy atom. The highest BCUT2D eigenvalue weighted by molar-refractivity contribution is 5.86. The molecule has 2 aromatic carbocycles. The smallest absolute Gasteiger partial charge is 0.231 e. The molecule has 4 rings (SSSR count). The van der Waals surface area contributed by atoms with E-state index in [0.29, 0.717) is 23.3 Å². The van der Waals surface area contributed by atoms with E-state index in [-0.39, 0.29) is 17.9 Å². The first-order valence-corrected chi connectivity index (χ1v) is 10.0. The highest BCUT2D eigenvalue weighted by Gasteiger charge is 2.36. The lowest BCUT2D eigenvalue weighted by Crippen LogP contribution is -2.31. The number of rotatable bonds is 6. The van der Waals surface area contributed by atoms with Crippen LogP contribution in [0.15, 0.2) is 54.7 Å². The quantitative estimate of drug-likeness (QED) is 0.630. The van der Waals surface area contributed by atoms with E-state index in [9.17, 15) is 4.79 Å². The number of aromatic nitrogens is 2. The maximum absolute atomic E-state index is 12.2. The second kappa shape index (κ2) is 8.51. The van der Waals surface area contributed by atoms with Gasteiger partial charge in [0, 0.05) is 56.4 Å². The maximum atomic E-state index is 12.2. The third kappa shape index (κ3) is 4.37. The van der Waals surface area contributed by atoms with Crippen LogP contribution in [-0.4, -0.2) is 43.1 Å². The summed E-state index contributed by atoms with van der Waals surface area (Å²) in [6.07, 6.45) is 1.39. The van der Waals surface area contributed by atoms with Gasteiger partial charge in [-0.2, -0.15) is 4.98 Å². The molecular formula is C23H25N5O3. The lowest BCUT2D eigenvalue weighted by molar-refractivity contribution is -0.123. The minimum Gasteiger partial charge on any atom is -0.489 e. The number of amides is 1. The average molecular weight is 419 g/mol. The van der Waals surface area contributed by atoms with E-state index in [1.54, 1.807) is 25.4 Å². The normalized spacial score (nSPS) is 16.8. The summed E-state index contributed by atoms with van der Waals surface area (Å²) in [5, 5.41) is 5.89. The zero-order valence-electron chi connectivity index (χ0n) is 17.9. The number of hydrogen-bond donors (Lipinski definition) is 2. The SMILES string of the molecule is CNC(=O)C1c2ccc(Oc3ccnc(Nc4cccc(N(C)C)c4)n3)cc2OC1C. The van der Waals surface area contributed by atoms with Gasteiger partial charge in [0.1, 0.15) is 23.5 Å². The molecule has 0 radical (unpaired) electrons. The van der Waals surface area contributed by atoms with E-state index in [1.165, 1.54) is 0 Å². The summed E-state index contributed by atoms with van der Waals surface area (Å²) in [5.74, 6) is 1.65. The van der Waals surface area contributed by atoms with Crippen LogP contribution in [0.3, 0.4) is 0 Å². The third-order valence-corrected chi connectivity index (χ3v) is 5.10. The molecule has 2 heterocycles. The fraction of sp³-hybridized carbons (Fsp3) is 0.261. The van der Waals surface area contributed by atoms with Crippen molar-refractivity contribution >= 4 is 23.2 Å². The molecule has 1 amide bonds. The van der Waals surface area contributed by atoms with E-state index < -0.39 is 0 Å². The summed E-state index contributed by atoms with van der Waals surface area (Å²) < 4.78 is 11.8. The molecule has 2 unspecified atom stereocenters. The van der Waals surface area contributed by atoms with Gasteiger partial charge in [-0.15, -0.1) is 0 Å². The number of nitrogens with one attached hydrogen (secondary N) is 2. The van der Waals surface area contributed by atoms with Gasteiger partial charge in [-0.05, 0) is 31.2 Å². The molecule has 8 nitrogen and oxygen atoms in total. The second-order valence-corrected chi connectivity index (χ2v) is 7.50. The Morgan fingerprint density at radius 3 is 2.77 bits per heavy atom. The van der Waals surface area contributed by atoms with Crippen molar-refractivity contribution in [3.63, 3.8) is 0 Å². The Hall–Kier alpha value is -3.81. The summed E-state index contributed by atoms with van der Waals surface area (Å²) >= 11 is 0. The predicted octanol–water partition coefficient (Wildman–Crippen LogP) is 3.69. The molecule has 0 saturated heterocycles. The molecule has 8 heteroatoms. The molecular weight excluding hydrogens is 394 g/mol. The molecule has 2 atom stereocenters. The molecule has 3 aromatic rings. The fourth-order valence-corrected chi connectivity index (χ4v) is 3.54. The highest BCUT2D eigenvalue weighted by Crippen LogP contribution is 2.41. The van der Waals surface area contributed by atoms with Crippen molar-refractivity contribution in [2.24, 2.45) is 0 Å². The van der Waals surface area contributed by atoms with Crippen molar-refractivity contribution in [1.29, 1.82) is 0 Å². The van der Waals surface area contributed by atoms with Gasteiger partial charge >= 0.3 is 0 Å². The lowest BCUT2D eigenvalue weighted by atomic mass is 9.95. The number of benzene rings is 2. The first-order valence-electron chi connectivity index (χ1n) is 10.0. The molecule has 0 saturated carbocycles. The van der Waals surface area contributed by atoms with Gasteiger partial charge in [-0.1, -0.05) is 12.1 Å². The van der Waals surface area contributed by atoms with Crippen molar-refractivity contribution in [2.45, 2.75) is 18.9 Å². The average Bonchev–Trinajstić information content (AvgIpc) is 3.08. The molecule has 0 aliphatic carbocycles. The zero-order chi connectivity index (χ0) is 22.0. The first-order chi connectivity index (χ1) is 14.9. The first kappa shape index (κ1) is 20.5. The Balaban J connectivity index is 1.51. The third-order valence-electron chi connectivity index (χ3n) is 5.10. The van der Waals surface area contributed by atoms with Gasteiger partial charge in [0.25, 0.3) is 0 Å². The Labute approximate surface area is 181 Å². The van der Waals surface area contributed by atoms with Gasteiger partial charge in [-0.3, -0.25) is 4.79 Å². The van der Waals surface area contributed by atoms with Gasteiger partial charge in [0.05, 0.1) is 0 Å². The van der Waals surface area contributed by atoms with E-state index >= 15 is 0 Å². The topological polar surface area (TPSA) is 88.6 Å². The zero-order valence-corrected chi connectivity index (χ0v) is 17.9. The van der Waals surface area contributed by atoms with Gasteiger partial charge in [-0.25, -0.2) is 4.98 Å². The van der Waals surface area contributed by atoms with Crippen LogP contribution in [0.4, 0.5) is 17.3 Å². The highest BCUT2D eigenvalue weighted by atomic mass is 16.5. The second-order valence-electron chi connectivity index (χ2n) is 7.50. The number of nitrogens with zero attached hydrogens (tertiary/aromatic N) is 3. The van der Waals surface area contributed by atoms with E-state index in [0.717, 1.165) is 16.9 Å². The van der Waals surface area contributed by atoms with E-state index in [1.807, 2.05) is 62.3 Å². The molecule has 1 aromatic heterocycles. The molecule has 31 heavy (non-hydrogen) atoms. The summed E-state index contributed by atoms with van der Waals surface area (Å²) in [7, 11) is 5.60. The number of anilines is 3. The van der Waals surface area contributed by atoms with E-state index in [2.05, 4.69) is 20.6 Å². The van der Waals surface area contributed by atoms with Crippen LogP contribution in [0.1, 0.15) is 18.4 Å². The number of carbonyl (C=O) groups is 1. The molecule has 160 valence electrons. The minimum absolute atomic E-state index is 0.0650. The Bertz CT molecular complexity index is 1100. The number of hydrogen-bond acceptors (Lipinski definition) is 7. The van der Waals surface area contributed by atoms with Crippen LogP contribution >= 0.6 is 0 Å². The summed E-state index contributed by atoms with van der Waals surface area (Å²) in [4.78, 5) is 22.9. The Kier molecular flexibility index (Phi) is 5.62. The van der Waals surface area contributed by atoms with Gasteiger partial charge < -0.3 is 25.0 Å². The standard InChI is InChI=1S/C23H25N5O3/c1-14-21(22(29)24-2)18-9-8-17(13-19(18)30-14)31-20-10-11-25-23(27-20)26-15-6-5-7-16(12-15)28(3)4/h5-14,21H,1-4H3,(H,24,29)(H,25,26,27). The molecule has 2 N–H and O–H groups in total.